The fourth-order valence-electron chi connectivity index (χ4n) is 4.13. The first kappa shape index (κ1) is 21.7. The summed E-state index contributed by atoms with van der Waals surface area (Å²) in [5, 5.41) is 13.6. The van der Waals surface area contributed by atoms with Crippen LogP contribution in [0.2, 0.25) is 5.02 Å². The molecule has 0 N–H and O–H groups in total. The molecule has 2 aromatic rings. The highest BCUT2D eigenvalue weighted by Crippen LogP contribution is 2.39. The largest absolute Gasteiger partial charge is 0.273 e. The molecule has 0 aromatic heterocycles. The van der Waals surface area contributed by atoms with Gasteiger partial charge in [-0.3, -0.25) is 24.5 Å². The average molecular weight is 454 g/mol. The Bertz CT molecular complexity index is 1130. The Morgan fingerprint density at radius 1 is 1.09 bits per heavy atom. The first-order valence-electron chi connectivity index (χ1n) is 10.1. The Balaban J connectivity index is 1.70. The van der Waals surface area contributed by atoms with Crippen LogP contribution in [0.4, 0.5) is 5.69 Å². The molecule has 2 aliphatic rings. The lowest BCUT2D eigenvalue weighted by Crippen LogP contribution is -2.49. The van der Waals surface area contributed by atoms with Crippen LogP contribution < -0.4 is 0 Å². The zero-order valence-electron chi connectivity index (χ0n) is 17.2. The summed E-state index contributed by atoms with van der Waals surface area (Å²) < 4.78 is 0. The van der Waals surface area contributed by atoms with Crippen LogP contribution in [0.1, 0.15) is 35.7 Å². The maximum Gasteiger partial charge on any atom is 0.273 e. The molecule has 1 saturated heterocycles. The minimum Gasteiger partial charge on any atom is -0.272 e. The standard InChI is InChI=1S/C23H20ClN3O5/c1-14-2-11-19-20(12-14)23(30)26(22(19)29)25(13-15-3-7-17(24)8-4-15)21(28)16-5-9-18(10-6-16)27(31)32/h2-10,19-20H,11-13H2,1H3/t19-,20+/m0/s1. The maximum atomic E-state index is 13.4. The topological polar surface area (TPSA) is 101 Å². The fourth-order valence-corrected chi connectivity index (χ4v) is 4.25. The van der Waals surface area contributed by atoms with Gasteiger partial charge in [-0.2, -0.15) is 5.01 Å². The Labute approximate surface area is 189 Å². The monoisotopic (exact) mass is 453 g/mol. The molecule has 0 spiro atoms. The Morgan fingerprint density at radius 2 is 1.72 bits per heavy atom. The molecule has 1 aliphatic carbocycles. The molecule has 9 heteroatoms. The smallest absolute Gasteiger partial charge is 0.272 e. The molecule has 0 radical (unpaired) electrons. The highest BCUT2D eigenvalue weighted by Gasteiger charge is 2.51. The predicted octanol–water partition coefficient (Wildman–Crippen LogP) is 4.15. The van der Waals surface area contributed by atoms with Gasteiger partial charge in [-0.1, -0.05) is 35.4 Å². The summed E-state index contributed by atoms with van der Waals surface area (Å²) in [5.74, 6) is -2.40. The summed E-state index contributed by atoms with van der Waals surface area (Å²) in [7, 11) is 0. The van der Waals surface area contributed by atoms with E-state index in [0.717, 1.165) is 15.6 Å². The van der Waals surface area contributed by atoms with Crippen LogP contribution >= 0.6 is 11.6 Å². The van der Waals surface area contributed by atoms with Crippen molar-refractivity contribution < 1.29 is 19.3 Å². The maximum absolute atomic E-state index is 13.4. The predicted molar refractivity (Wildman–Crippen MR) is 116 cm³/mol. The van der Waals surface area contributed by atoms with E-state index in [2.05, 4.69) is 0 Å². The summed E-state index contributed by atoms with van der Waals surface area (Å²) in [6.45, 7) is 1.89. The average Bonchev–Trinajstić information content (AvgIpc) is 3.02. The number of carbonyl (C=O) groups is 3. The Kier molecular flexibility index (Phi) is 5.80. The minimum absolute atomic E-state index is 0.0314. The molecule has 1 fully saturated rings. The summed E-state index contributed by atoms with van der Waals surface area (Å²) in [6.07, 6.45) is 2.89. The number of halogens is 1. The number of amides is 3. The number of nitro groups is 1. The molecule has 0 unspecified atom stereocenters. The third-order valence-electron chi connectivity index (χ3n) is 5.85. The van der Waals surface area contributed by atoms with Gasteiger partial charge in [0.1, 0.15) is 0 Å². The molecule has 2 atom stereocenters. The van der Waals surface area contributed by atoms with Crippen LogP contribution in [-0.4, -0.2) is 32.7 Å². The molecule has 32 heavy (non-hydrogen) atoms. The molecular formula is C23H20ClN3O5. The lowest BCUT2D eigenvalue weighted by molar-refractivity contribution is -0.384. The molecule has 8 nitrogen and oxygen atoms in total. The van der Waals surface area contributed by atoms with Gasteiger partial charge in [-0.25, -0.2) is 5.01 Å². The second-order valence-electron chi connectivity index (χ2n) is 7.98. The number of benzene rings is 2. The van der Waals surface area contributed by atoms with Gasteiger partial charge in [-0.05, 0) is 49.6 Å². The van der Waals surface area contributed by atoms with E-state index < -0.39 is 34.5 Å². The number of non-ortho nitro benzene ring substituents is 1. The third kappa shape index (κ3) is 4.01. The van der Waals surface area contributed by atoms with Crippen molar-refractivity contribution in [3.8, 4) is 0 Å². The van der Waals surface area contributed by atoms with Gasteiger partial charge < -0.3 is 0 Å². The van der Waals surface area contributed by atoms with Crippen molar-refractivity contribution >= 4 is 35.0 Å². The summed E-state index contributed by atoms with van der Waals surface area (Å²) in [6, 6.07) is 11.8. The summed E-state index contributed by atoms with van der Waals surface area (Å²) in [5.41, 5.74) is 1.69. The van der Waals surface area contributed by atoms with Crippen LogP contribution in [0.15, 0.2) is 60.2 Å². The van der Waals surface area contributed by atoms with Gasteiger partial charge in [0.25, 0.3) is 23.4 Å². The number of imide groups is 1. The molecule has 3 amide bonds. The molecular weight excluding hydrogens is 434 g/mol. The van der Waals surface area contributed by atoms with Crippen molar-refractivity contribution in [3.63, 3.8) is 0 Å². The summed E-state index contributed by atoms with van der Waals surface area (Å²) in [4.78, 5) is 50.2. The number of hydrogen-bond donors (Lipinski definition) is 0. The van der Waals surface area contributed by atoms with Crippen molar-refractivity contribution in [2.75, 3.05) is 0 Å². The normalized spacial score (nSPS) is 20.1. The number of hydrogen-bond acceptors (Lipinski definition) is 5. The quantitative estimate of drug-likeness (QED) is 0.293. The zero-order chi connectivity index (χ0) is 23.0. The molecule has 1 heterocycles. The van der Waals surface area contributed by atoms with E-state index in [1.807, 2.05) is 13.0 Å². The molecule has 2 aromatic carbocycles. The minimum atomic E-state index is -0.597. The second kappa shape index (κ2) is 8.55. The van der Waals surface area contributed by atoms with E-state index in [1.54, 1.807) is 24.3 Å². The van der Waals surface area contributed by atoms with Crippen molar-refractivity contribution in [1.82, 2.24) is 10.0 Å². The van der Waals surface area contributed by atoms with Crippen molar-refractivity contribution in [2.24, 2.45) is 11.8 Å². The molecule has 1 aliphatic heterocycles. The lowest BCUT2D eigenvalue weighted by Gasteiger charge is -2.30. The fraction of sp³-hybridized carbons (Fsp3) is 0.261. The summed E-state index contributed by atoms with van der Waals surface area (Å²) >= 11 is 5.96. The number of nitro benzene ring substituents is 1. The van der Waals surface area contributed by atoms with Crippen molar-refractivity contribution in [1.29, 1.82) is 0 Å². The highest BCUT2D eigenvalue weighted by atomic mass is 35.5. The van der Waals surface area contributed by atoms with E-state index in [9.17, 15) is 24.5 Å². The highest BCUT2D eigenvalue weighted by molar-refractivity contribution is 6.30. The SMILES string of the molecule is CC1=CC[C@@H]2C(=O)N(N(Cc3ccc(Cl)cc3)C(=O)c3ccc([N+](=O)[O-])cc3)C(=O)[C@@H]2C1. The number of hydrazine groups is 1. The number of fused-ring (bicyclic) bond motifs is 1. The molecule has 0 bridgehead atoms. The van der Waals surface area contributed by atoms with Crippen LogP contribution in [0.25, 0.3) is 0 Å². The zero-order valence-corrected chi connectivity index (χ0v) is 18.0. The number of allylic oxidation sites excluding steroid dienone is 2. The molecule has 0 saturated carbocycles. The number of carbonyl (C=O) groups excluding carboxylic acids is 3. The Hall–Kier alpha value is -3.52. The van der Waals surface area contributed by atoms with Gasteiger partial charge in [0.2, 0.25) is 0 Å². The van der Waals surface area contributed by atoms with Gasteiger partial charge in [-0.15, -0.1) is 0 Å². The first-order valence-corrected chi connectivity index (χ1v) is 10.5. The number of nitrogens with zero attached hydrogens (tertiary/aromatic N) is 3. The van der Waals surface area contributed by atoms with Gasteiger partial charge in [0.05, 0.1) is 23.3 Å². The second-order valence-corrected chi connectivity index (χ2v) is 8.42. The Morgan fingerprint density at radius 3 is 2.34 bits per heavy atom. The van der Waals surface area contributed by atoms with Gasteiger partial charge in [0, 0.05) is 22.7 Å². The third-order valence-corrected chi connectivity index (χ3v) is 6.10. The van der Waals surface area contributed by atoms with Gasteiger partial charge in [0.15, 0.2) is 0 Å². The van der Waals surface area contributed by atoms with Crippen molar-refractivity contribution in [3.05, 3.63) is 86.4 Å². The van der Waals surface area contributed by atoms with E-state index in [-0.39, 0.29) is 17.8 Å². The number of rotatable bonds is 5. The van der Waals surface area contributed by atoms with Crippen molar-refractivity contribution in [2.45, 2.75) is 26.3 Å². The van der Waals surface area contributed by atoms with E-state index in [1.165, 1.54) is 24.3 Å². The lowest BCUT2D eigenvalue weighted by atomic mass is 9.82. The van der Waals surface area contributed by atoms with E-state index in [4.69, 9.17) is 11.6 Å². The van der Waals surface area contributed by atoms with Gasteiger partial charge >= 0.3 is 0 Å². The van der Waals surface area contributed by atoms with Crippen LogP contribution in [0.3, 0.4) is 0 Å². The van der Waals surface area contributed by atoms with Crippen LogP contribution in [0.5, 0.6) is 0 Å². The van der Waals surface area contributed by atoms with E-state index in [0.29, 0.717) is 23.4 Å². The van der Waals surface area contributed by atoms with E-state index >= 15 is 0 Å². The molecule has 4 rings (SSSR count). The molecule has 164 valence electrons. The van der Waals surface area contributed by atoms with Crippen LogP contribution in [0, 0.1) is 22.0 Å². The first-order chi connectivity index (χ1) is 15.3. The van der Waals surface area contributed by atoms with Crippen LogP contribution in [-0.2, 0) is 16.1 Å².